The van der Waals surface area contributed by atoms with Gasteiger partial charge in [-0.1, -0.05) is 0 Å². The number of hydrogen-bond donors (Lipinski definition) is 1. The lowest BCUT2D eigenvalue weighted by Gasteiger charge is -2.42. The summed E-state index contributed by atoms with van der Waals surface area (Å²) in [6.45, 7) is 4.09. The summed E-state index contributed by atoms with van der Waals surface area (Å²) in [5, 5.41) is 10.0. The Morgan fingerprint density at radius 2 is 1.25 bits per heavy atom. The normalized spacial score (nSPS) is 29.3. The van der Waals surface area contributed by atoms with Crippen LogP contribution in [0.4, 0.5) is 0 Å². The molecular formula is C14H20O10. The molecule has 0 saturated carbocycles. The highest BCUT2D eigenvalue weighted by molar-refractivity contribution is 5.68. The van der Waals surface area contributed by atoms with Crippen LogP contribution < -0.4 is 0 Å². The number of aliphatic hydroxyl groups excluding tert-OH is 1. The molecule has 0 radical (unpaired) electrons. The van der Waals surface area contributed by atoms with Crippen LogP contribution in [0.25, 0.3) is 0 Å². The fourth-order valence-corrected chi connectivity index (χ4v) is 2.21. The van der Waals surface area contributed by atoms with E-state index in [2.05, 4.69) is 0 Å². The van der Waals surface area contributed by atoms with Gasteiger partial charge in [-0.05, 0) is 0 Å². The third-order valence-corrected chi connectivity index (χ3v) is 2.97. The Labute approximate surface area is 137 Å². The van der Waals surface area contributed by atoms with Crippen molar-refractivity contribution in [2.75, 3.05) is 6.61 Å². The minimum absolute atomic E-state index is 0.366. The second-order valence-corrected chi connectivity index (χ2v) is 5.09. The first-order valence-electron chi connectivity index (χ1n) is 7.10. The van der Waals surface area contributed by atoms with Crippen molar-refractivity contribution in [3.8, 4) is 0 Å². The van der Waals surface area contributed by atoms with Crippen molar-refractivity contribution >= 4 is 23.9 Å². The lowest BCUT2D eigenvalue weighted by molar-refractivity contribution is -0.296. The maximum atomic E-state index is 11.3. The van der Waals surface area contributed by atoms with Crippen molar-refractivity contribution in [2.24, 2.45) is 0 Å². The van der Waals surface area contributed by atoms with Gasteiger partial charge < -0.3 is 28.8 Å². The molecule has 1 rings (SSSR count). The molecule has 5 atom stereocenters. The van der Waals surface area contributed by atoms with Crippen LogP contribution in [0.15, 0.2) is 0 Å². The summed E-state index contributed by atoms with van der Waals surface area (Å²) < 4.78 is 25.0. The zero-order valence-electron chi connectivity index (χ0n) is 13.7. The predicted molar refractivity (Wildman–Crippen MR) is 74.2 cm³/mol. The first kappa shape index (κ1) is 19.8. The molecule has 1 heterocycles. The largest absolute Gasteiger partial charge is 0.463 e. The number of esters is 4. The van der Waals surface area contributed by atoms with Gasteiger partial charge in [0, 0.05) is 27.7 Å². The van der Waals surface area contributed by atoms with E-state index in [1.807, 2.05) is 0 Å². The van der Waals surface area contributed by atoms with E-state index in [1.54, 1.807) is 0 Å². The van der Waals surface area contributed by atoms with Crippen molar-refractivity contribution in [3.63, 3.8) is 0 Å². The van der Waals surface area contributed by atoms with Gasteiger partial charge in [-0.3, -0.25) is 19.2 Å². The first-order chi connectivity index (χ1) is 11.1. The van der Waals surface area contributed by atoms with Crippen LogP contribution in [-0.2, 0) is 42.9 Å². The molecule has 1 N–H and O–H groups in total. The van der Waals surface area contributed by atoms with E-state index in [1.165, 1.54) is 0 Å². The fourth-order valence-electron chi connectivity index (χ4n) is 2.21. The van der Waals surface area contributed by atoms with Gasteiger partial charge >= 0.3 is 23.9 Å². The SMILES string of the molecule is CC(=O)OCC1O[C@H](O)[C@@H](OC(C)=O)[C@H](OC(C)=O)C1OC(C)=O. The Morgan fingerprint density at radius 3 is 1.71 bits per heavy atom. The van der Waals surface area contributed by atoms with Gasteiger partial charge in [0.2, 0.25) is 0 Å². The summed E-state index contributed by atoms with van der Waals surface area (Å²) >= 11 is 0. The molecule has 0 aliphatic carbocycles. The van der Waals surface area contributed by atoms with Crippen molar-refractivity contribution in [2.45, 2.75) is 58.4 Å². The molecule has 1 aliphatic heterocycles. The summed E-state index contributed by atoms with van der Waals surface area (Å²) in [5.41, 5.74) is 0. The highest BCUT2D eigenvalue weighted by Gasteiger charge is 2.51. The van der Waals surface area contributed by atoms with Gasteiger partial charge in [0.25, 0.3) is 0 Å². The molecule has 1 fully saturated rings. The number of hydrogen-bond acceptors (Lipinski definition) is 10. The predicted octanol–water partition coefficient (Wildman–Crippen LogP) is -0.938. The van der Waals surface area contributed by atoms with Gasteiger partial charge in [-0.25, -0.2) is 0 Å². The Bertz CT molecular complexity index is 502. The molecule has 0 bridgehead atoms. The van der Waals surface area contributed by atoms with E-state index in [0.29, 0.717) is 0 Å². The molecule has 2 unspecified atom stereocenters. The number of carbonyl (C=O) groups is 4. The zero-order chi connectivity index (χ0) is 18.4. The third-order valence-electron chi connectivity index (χ3n) is 2.97. The Hall–Kier alpha value is -2.20. The smallest absolute Gasteiger partial charge is 0.303 e. The van der Waals surface area contributed by atoms with Gasteiger partial charge in [-0.15, -0.1) is 0 Å². The monoisotopic (exact) mass is 348 g/mol. The zero-order valence-corrected chi connectivity index (χ0v) is 13.7. The number of aliphatic hydroxyl groups is 1. The quantitative estimate of drug-likeness (QED) is 0.490. The van der Waals surface area contributed by atoms with Crippen LogP contribution in [0.3, 0.4) is 0 Å². The van der Waals surface area contributed by atoms with Crippen LogP contribution in [0.1, 0.15) is 27.7 Å². The van der Waals surface area contributed by atoms with Crippen LogP contribution in [0.2, 0.25) is 0 Å². The molecule has 0 amide bonds. The lowest BCUT2D eigenvalue weighted by atomic mass is 9.98. The van der Waals surface area contributed by atoms with Gasteiger partial charge in [0.05, 0.1) is 0 Å². The molecule has 136 valence electrons. The summed E-state index contributed by atoms with van der Waals surface area (Å²) in [4.78, 5) is 44.9. The molecule has 24 heavy (non-hydrogen) atoms. The Balaban J connectivity index is 3.11. The maximum Gasteiger partial charge on any atom is 0.303 e. The Morgan fingerprint density at radius 1 is 0.792 bits per heavy atom. The van der Waals surface area contributed by atoms with E-state index in [-0.39, 0.29) is 6.61 Å². The molecule has 0 aromatic carbocycles. The van der Waals surface area contributed by atoms with Gasteiger partial charge in [0.15, 0.2) is 24.6 Å². The topological polar surface area (TPSA) is 135 Å². The van der Waals surface area contributed by atoms with Crippen LogP contribution in [0, 0.1) is 0 Å². The summed E-state index contributed by atoms with van der Waals surface area (Å²) in [5.74, 6) is -2.87. The summed E-state index contributed by atoms with van der Waals surface area (Å²) in [6.07, 6.45) is -6.79. The molecule has 1 saturated heterocycles. The third kappa shape index (κ3) is 5.78. The van der Waals surface area contributed by atoms with Crippen molar-refractivity contribution in [1.29, 1.82) is 0 Å². The van der Waals surface area contributed by atoms with Crippen LogP contribution >= 0.6 is 0 Å². The van der Waals surface area contributed by atoms with E-state index in [0.717, 1.165) is 27.7 Å². The molecule has 0 aromatic rings. The van der Waals surface area contributed by atoms with Gasteiger partial charge in [-0.2, -0.15) is 0 Å². The minimum Gasteiger partial charge on any atom is -0.463 e. The number of rotatable bonds is 5. The fraction of sp³-hybridized carbons (Fsp3) is 0.714. The second-order valence-electron chi connectivity index (χ2n) is 5.09. The van der Waals surface area contributed by atoms with Crippen molar-refractivity contribution < 1.29 is 48.0 Å². The van der Waals surface area contributed by atoms with Crippen LogP contribution in [0.5, 0.6) is 0 Å². The van der Waals surface area contributed by atoms with Crippen molar-refractivity contribution in [3.05, 3.63) is 0 Å². The number of carbonyl (C=O) groups excluding carboxylic acids is 4. The first-order valence-corrected chi connectivity index (χ1v) is 7.10. The highest BCUT2D eigenvalue weighted by Crippen LogP contribution is 2.28. The number of ether oxygens (including phenoxy) is 5. The van der Waals surface area contributed by atoms with E-state index < -0.39 is 54.6 Å². The van der Waals surface area contributed by atoms with E-state index in [9.17, 15) is 24.3 Å². The molecule has 1 aliphatic rings. The minimum atomic E-state index is -1.68. The summed E-state index contributed by atoms with van der Waals surface area (Å²) in [6, 6.07) is 0. The average Bonchev–Trinajstić information content (AvgIpc) is 2.42. The summed E-state index contributed by atoms with van der Waals surface area (Å²) in [7, 11) is 0. The van der Waals surface area contributed by atoms with Crippen molar-refractivity contribution in [1.82, 2.24) is 0 Å². The standard InChI is InChI=1S/C14H20O10/c1-6(15)20-5-10-11(21-7(2)16)12(22-8(3)17)13(14(19)24-10)23-9(4)18/h10-14,19H,5H2,1-4H3/t10?,11?,12-,13+,14+/m1/s1. The molecular weight excluding hydrogens is 328 g/mol. The average molecular weight is 348 g/mol. The van der Waals surface area contributed by atoms with E-state index in [4.69, 9.17) is 23.7 Å². The lowest BCUT2D eigenvalue weighted by Crippen LogP contribution is -2.62. The molecule has 0 spiro atoms. The van der Waals surface area contributed by atoms with Crippen LogP contribution in [-0.4, -0.2) is 66.3 Å². The molecule has 0 aromatic heterocycles. The van der Waals surface area contributed by atoms with Gasteiger partial charge in [0.1, 0.15) is 12.7 Å². The molecule has 10 nitrogen and oxygen atoms in total. The highest BCUT2D eigenvalue weighted by atomic mass is 16.7. The molecule has 10 heteroatoms. The maximum absolute atomic E-state index is 11.3. The van der Waals surface area contributed by atoms with E-state index >= 15 is 0 Å². The second kappa shape index (κ2) is 8.60. The Kier molecular flexibility index (Phi) is 7.11.